The molecule has 0 fully saturated rings. The summed E-state index contributed by atoms with van der Waals surface area (Å²) in [6.45, 7) is 2.69. The van der Waals surface area contributed by atoms with Crippen molar-refractivity contribution in [2.75, 3.05) is 6.54 Å². The number of rotatable bonds is 6. The third kappa shape index (κ3) is 4.94. The van der Waals surface area contributed by atoms with Crippen molar-refractivity contribution in [2.24, 2.45) is 0 Å². The number of aromatic nitrogens is 2. The lowest BCUT2D eigenvalue weighted by molar-refractivity contribution is -0.137. The minimum Gasteiger partial charge on any atom is -0.351 e. The zero-order chi connectivity index (χ0) is 21.2. The van der Waals surface area contributed by atoms with Crippen molar-refractivity contribution in [2.45, 2.75) is 26.1 Å². The van der Waals surface area contributed by atoms with E-state index in [0.717, 1.165) is 23.5 Å². The molecule has 2 heterocycles. The van der Waals surface area contributed by atoms with Crippen LogP contribution in [0.4, 0.5) is 13.2 Å². The summed E-state index contributed by atoms with van der Waals surface area (Å²) in [6, 6.07) is 6.69. The van der Waals surface area contributed by atoms with Gasteiger partial charge >= 0.3 is 6.18 Å². The first-order valence-electron chi connectivity index (χ1n) is 8.66. The summed E-state index contributed by atoms with van der Waals surface area (Å²) in [6.07, 6.45) is -2.60. The lowest BCUT2D eigenvalue weighted by Gasteiger charge is -2.09. The van der Waals surface area contributed by atoms with Gasteiger partial charge < -0.3 is 5.32 Å². The highest BCUT2D eigenvalue weighted by Crippen LogP contribution is 2.39. The predicted molar refractivity (Wildman–Crippen MR) is 109 cm³/mol. The van der Waals surface area contributed by atoms with E-state index in [-0.39, 0.29) is 18.9 Å². The summed E-state index contributed by atoms with van der Waals surface area (Å²) in [7, 11) is 0. The molecule has 10 heteroatoms. The fraction of sp³-hybridized carbons (Fsp3) is 0.263. The third-order valence-electron chi connectivity index (χ3n) is 4.21. The number of nitrogens with zero attached hydrogens (tertiary/aromatic N) is 2. The third-order valence-corrected chi connectivity index (χ3v) is 5.85. The summed E-state index contributed by atoms with van der Waals surface area (Å²) < 4.78 is 40.4. The van der Waals surface area contributed by atoms with Crippen molar-refractivity contribution in [1.29, 1.82) is 0 Å². The van der Waals surface area contributed by atoms with Gasteiger partial charge in [0.2, 0.25) is 0 Å². The van der Waals surface area contributed by atoms with Gasteiger partial charge in [0.1, 0.15) is 4.34 Å². The maximum absolute atomic E-state index is 12.8. The molecule has 0 saturated carbocycles. The number of hydrogen-bond acceptors (Lipinski definition) is 3. The van der Waals surface area contributed by atoms with Crippen LogP contribution >= 0.6 is 34.5 Å². The summed E-state index contributed by atoms with van der Waals surface area (Å²) in [5.74, 6) is -0.353. The van der Waals surface area contributed by atoms with Gasteiger partial charge in [-0.05, 0) is 31.0 Å². The van der Waals surface area contributed by atoms with Gasteiger partial charge in [-0.25, -0.2) is 0 Å². The maximum atomic E-state index is 12.8. The number of benzene rings is 1. The molecular formula is C19H16Cl2F3N3OS. The van der Waals surface area contributed by atoms with Crippen molar-refractivity contribution in [3.8, 4) is 11.3 Å². The number of amides is 1. The molecule has 0 atom stereocenters. The number of carbonyl (C=O) groups excluding carboxylic acids is 1. The van der Waals surface area contributed by atoms with Gasteiger partial charge in [-0.15, -0.1) is 11.3 Å². The molecule has 1 amide bonds. The van der Waals surface area contributed by atoms with Crippen molar-refractivity contribution in [3.63, 3.8) is 0 Å². The first-order valence-corrected chi connectivity index (χ1v) is 10.2. The average molecular weight is 462 g/mol. The van der Waals surface area contributed by atoms with Crippen LogP contribution in [-0.2, 0) is 19.1 Å². The van der Waals surface area contributed by atoms with E-state index in [4.69, 9.17) is 23.2 Å². The highest BCUT2D eigenvalue weighted by atomic mass is 35.5. The Morgan fingerprint density at radius 1 is 1.28 bits per heavy atom. The lowest BCUT2D eigenvalue weighted by atomic mass is 10.1. The number of carbonyl (C=O) groups is 1. The van der Waals surface area contributed by atoms with E-state index in [1.54, 1.807) is 16.8 Å². The molecule has 0 bridgehead atoms. The normalized spacial score (nSPS) is 11.7. The molecule has 1 N–H and O–H groups in total. The Bertz CT molecular complexity index is 1030. The highest BCUT2D eigenvalue weighted by molar-refractivity contribution is 7.18. The largest absolute Gasteiger partial charge is 0.416 e. The van der Waals surface area contributed by atoms with Gasteiger partial charge in [0, 0.05) is 18.7 Å². The van der Waals surface area contributed by atoms with Crippen LogP contribution in [-0.4, -0.2) is 22.2 Å². The van der Waals surface area contributed by atoms with E-state index in [1.165, 1.54) is 12.3 Å². The summed E-state index contributed by atoms with van der Waals surface area (Å²) >= 11 is 13.6. The van der Waals surface area contributed by atoms with Crippen LogP contribution in [0.15, 0.2) is 36.5 Å². The molecule has 154 valence electrons. The molecule has 0 aliphatic rings. The van der Waals surface area contributed by atoms with Crippen LogP contribution < -0.4 is 5.32 Å². The van der Waals surface area contributed by atoms with Crippen LogP contribution in [0.5, 0.6) is 0 Å². The van der Waals surface area contributed by atoms with Gasteiger partial charge in [-0.1, -0.05) is 41.4 Å². The van der Waals surface area contributed by atoms with Crippen molar-refractivity contribution >= 4 is 40.4 Å². The van der Waals surface area contributed by atoms with Crippen molar-refractivity contribution < 1.29 is 18.0 Å². The second-order valence-corrected chi connectivity index (χ2v) is 8.22. The van der Waals surface area contributed by atoms with Gasteiger partial charge in [0.25, 0.3) is 5.91 Å². The molecule has 1 aromatic carbocycles. The number of hydrogen-bond donors (Lipinski definition) is 1. The predicted octanol–water partition coefficient (Wildman–Crippen LogP) is 5.93. The number of alkyl halides is 3. The lowest BCUT2D eigenvalue weighted by Crippen LogP contribution is -2.24. The monoisotopic (exact) mass is 461 g/mol. The molecular weight excluding hydrogens is 446 g/mol. The Kier molecular flexibility index (Phi) is 6.55. The highest BCUT2D eigenvalue weighted by Gasteiger charge is 2.30. The van der Waals surface area contributed by atoms with Gasteiger partial charge in [0.15, 0.2) is 0 Å². The maximum Gasteiger partial charge on any atom is 0.416 e. The van der Waals surface area contributed by atoms with Crippen LogP contribution in [0.3, 0.4) is 0 Å². The van der Waals surface area contributed by atoms with Gasteiger partial charge in [0.05, 0.1) is 27.4 Å². The average Bonchev–Trinajstić information content (AvgIpc) is 3.23. The first kappa shape index (κ1) is 21.7. The number of halogens is 5. The molecule has 3 aromatic rings. The minimum absolute atomic E-state index is 0.193. The van der Waals surface area contributed by atoms with Crippen molar-refractivity contribution in [1.82, 2.24) is 15.1 Å². The Balaban J connectivity index is 1.67. The van der Waals surface area contributed by atoms with Crippen LogP contribution in [0.1, 0.15) is 27.7 Å². The zero-order valence-corrected chi connectivity index (χ0v) is 17.5. The second-order valence-electron chi connectivity index (χ2n) is 6.16. The minimum atomic E-state index is -4.39. The SMILES string of the molecule is CCn1ncc(Cl)c1-c1cc(C(=O)NCCc2cccc(C(F)(F)F)c2)sc1Cl. The fourth-order valence-corrected chi connectivity index (χ4v) is 4.26. The van der Waals surface area contributed by atoms with E-state index in [0.29, 0.717) is 37.6 Å². The Morgan fingerprint density at radius 3 is 2.72 bits per heavy atom. The number of thiophene rings is 1. The van der Waals surface area contributed by atoms with E-state index in [9.17, 15) is 18.0 Å². The zero-order valence-electron chi connectivity index (χ0n) is 15.2. The topological polar surface area (TPSA) is 46.9 Å². The van der Waals surface area contributed by atoms with Gasteiger partial charge in [-0.3, -0.25) is 9.48 Å². The molecule has 4 nitrogen and oxygen atoms in total. The van der Waals surface area contributed by atoms with Crippen molar-refractivity contribution in [3.05, 3.63) is 61.9 Å². The summed E-state index contributed by atoms with van der Waals surface area (Å²) in [4.78, 5) is 12.8. The van der Waals surface area contributed by atoms with E-state index in [2.05, 4.69) is 10.4 Å². The fourth-order valence-electron chi connectivity index (χ4n) is 2.82. The molecule has 0 unspecified atom stereocenters. The van der Waals surface area contributed by atoms with E-state index in [1.807, 2.05) is 6.92 Å². The molecule has 0 aliphatic heterocycles. The van der Waals surface area contributed by atoms with E-state index >= 15 is 0 Å². The molecule has 0 radical (unpaired) electrons. The first-order chi connectivity index (χ1) is 13.7. The van der Waals surface area contributed by atoms with Gasteiger partial charge in [-0.2, -0.15) is 18.3 Å². The molecule has 2 aromatic heterocycles. The quantitative estimate of drug-likeness (QED) is 0.494. The standard InChI is InChI=1S/C19H16Cl2F3N3OS/c1-2-27-16(14(20)10-26-27)13-9-15(29-17(13)21)18(28)25-7-6-11-4-3-5-12(8-11)19(22,23)24/h3-5,8-10H,2,6-7H2,1H3,(H,25,28). The molecule has 3 rings (SSSR count). The summed E-state index contributed by atoms with van der Waals surface area (Å²) in [5, 5.41) is 7.31. The number of nitrogens with one attached hydrogen (secondary N) is 1. The molecule has 0 spiro atoms. The smallest absolute Gasteiger partial charge is 0.351 e. The van der Waals surface area contributed by atoms with Crippen LogP contribution in [0.2, 0.25) is 9.36 Å². The Hall–Kier alpha value is -2.03. The Labute approximate surface area is 179 Å². The van der Waals surface area contributed by atoms with Crippen LogP contribution in [0.25, 0.3) is 11.3 Å². The van der Waals surface area contributed by atoms with Crippen LogP contribution in [0, 0.1) is 0 Å². The summed E-state index contributed by atoms with van der Waals surface area (Å²) in [5.41, 5.74) is 1.03. The second kappa shape index (κ2) is 8.77. The molecule has 0 saturated heterocycles. The van der Waals surface area contributed by atoms with E-state index < -0.39 is 11.7 Å². The Morgan fingerprint density at radius 2 is 2.03 bits per heavy atom. The molecule has 0 aliphatic carbocycles. The molecule has 29 heavy (non-hydrogen) atoms. The number of aryl methyl sites for hydroxylation is 1.